The molecule has 0 unspecified atom stereocenters. The average Bonchev–Trinajstić information content (AvgIpc) is 1.31. The summed E-state index contributed by atoms with van der Waals surface area (Å²) in [6, 6.07) is 0. The average molecular weight is 171 g/mol. The Kier molecular flexibility index (Phi) is 4.97. The standard InChI is InChI=1S/C4H13N2O.Zn/c1-5(7)6(2,3)4;/h7H,1-4H3;/q+1;. The van der Waals surface area contributed by atoms with Gasteiger partial charge in [-0.1, -0.05) is 0 Å². The minimum atomic E-state index is 0. The topological polar surface area (TPSA) is 23.5 Å². The Hall–Kier alpha value is 0.503. The van der Waals surface area contributed by atoms with E-state index in [-0.39, 0.29) is 19.5 Å². The Balaban J connectivity index is 0. The van der Waals surface area contributed by atoms with E-state index in [1.807, 2.05) is 21.1 Å². The van der Waals surface area contributed by atoms with Crippen LogP contribution in [-0.2, 0) is 19.5 Å². The molecular formula is C4H13N2OZn+. The summed E-state index contributed by atoms with van der Waals surface area (Å²) in [4.78, 5) is 0. The van der Waals surface area contributed by atoms with Gasteiger partial charge in [0.05, 0.1) is 28.2 Å². The van der Waals surface area contributed by atoms with Crippen molar-refractivity contribution in [1.82, 2.24) is 5.17 Å². The molecular weight excluding hydrogens is 157 g/mol. The third-order valence-corrected chi connectivity index (χ3v) is 0.868. The van der Waals surface area contributed by atoms with Crippen molar-refractivity contribution in [2.24, 2.45) is 0 Å². The van der Waals surface area contributed by atoms with Crippen LogP contribution in [0.25, 0.3) is 0 Å². The van der Waals surface area contributed by atoms with Gasteiger partial charge >= 0.3 is 0 Å². The van der Waals surface area contributed by atoms with Crippen molar-refractivity contribution in [2.45, 2.75) is 0 Å². The minimum absolute atomic E-state index is 0. The third kappa shape index (κ3) is 4.66. The molecule has 0 amide bonds. The van der Waals surface area contributed by atoms with Gasteiger partial charge in [-0.05, 0) is 5.17 Å². The van der Waals surface area contributed by atoms with Crippen molar-refractivity contribution in [3.63, 3.8) is 0 Å². The van der Waals surface area contributed by atoms with Crippen LogP contribution >= 0.6 is 0 Å². The van der Waals surface area contributed by atoms with Crippen LogP contribution in [0.3, 0.4) is 0 Å². The summed E-state index contributed by atoms with van der Waals surface area (Å²) in [7, 11) is 7.24. The second-order valence-corrected chi connectivity index (χ2v) is 2.43. The van der Waals surface area contributed by atoms with Crippen LogP contribution < -0.4 is 0 Å². The molecule has 0 atom stereocenters. The molecule has 0 aliphatic carbocycles. The van der Waals surface area contributed by atoms with Crippen molar-refractivity contribution in [1.29, 1.82) is 0 Å². The van der Waals surface area contributed by atoms with E-state index in [1.54, 1.807) is 7.05 Å². The zero-order valence-corrected chi connectivity index (χ0v) is 9.02. The molecule has 0 aliphatic rings. The van der Waals surface area contributed by atoms with E-state index < -0.39 is 0 Å². The second kappa shape index (κ2) is 3.51. The van der Waals surface area contributed by atoms with Gasteiger partial charge in [0.25, 0.3) is 0 Å². The van der Waals surface area contributed by atoms with Gasteiger partial charge in [-0.2, -0.15) is 0 Å². The molecule has 0 saturated heterocycles. The Morgan fingerprint density at radius 2 is 1.38 bits per heavy atom. The van der Waals surface area contributed by atoms with E-state index >= 15 is 0 Å². The van der Waals surface area contributed by atoms with Crippen LogP contribution in [-0.4, -0.2) is 43.2 Å². The fraction of sp³-hybridized carbons (Fsp3) is 1.00. The summed E-state index contributed by atoms with van der Waals surface area (Å²) in [6.07, 6.45) is 0. The number of hydrogen-bond donors (Lipinski definition) is 1. The van der Waals surface area contributed by atoms with Crippen molar-refractivity contribution >= 4 is 0 Å². The number of quaternary nitrogens is 1. The molecule has 0 heterocycles. The van der Waals surface area contributed by atoms with Crippen molar-refractivity contribution in [2.75, 3.05) is 28.2 Å². The van der Waals surface area contributed by atoms with Crippen molar-refractivity contribution < 1.29 is 29.3 Å². The smallest absolute Gasteiger partial charge is 0.0875 e. The largest absolute Gasteiger partial charge is 0.269 e. The monoisotopic (exact) mass is 169 g/mol. The number of nitrogens with zero attached hydrogens (tertiary/aromatic N) is 2. The molecule has 0 aromatic heterocycles. The molecule has 0 aromatic rings. The molecule has 0 spiro atoms. The molecule has 1 N–H and O–H groups in total. The Bertz CT molecular complexity index is 59.5. The molecule has 3 nitrogen and oxygen atoms in total. The molecule has 0 radical (unpaired) electrons. The predicted molar refractivity (Wildman–Crippen MR) is 27.6 cm³/mol. The second-order valence-electron chi connectivity index (χ2n) is 2.43. The maximum absolute atomic E-state index is 8.69. The van der Waals surface area contributed by atoms with Gasteiger partial charge in [-0.15, -0.1) is 0 Å². The van der Waals surface area contributed by atoms with Crippen LogP contribution in [0.5, 0.6) is 0 Å². The number of hydroxylamine groups is 1. The van der Waals surface area contributed by atoms with Crippen LogP contribution in [0.15, 0.2) is 0 Å². The van der Waals surface area contributed by atoms with Gasteiger partial charge < -0.3 is 0 Å². The number of rotatable bonds is 1. The van der Waals surface area contributed by atoms with E-state index in [4.69, 9.17) is 5.21 Å². The Morgan fingerprint density at radius 1 is 1.25 bits per heavy atom. The zero-order chi connectivity index (χ0) is 6.08. The van der Waals surface area contributed by atoms with Crippen molar-refractivity contribution in [3.8, 4) is 0 Å². The summed E-state index contributed by atoms with van der Waals surface area (Å²) in [5, 5.41) is 9.82. The molecule has 0 aliphatic heterocycles. The third-order valence-electron chi connectivity index (χ3n) is 0.868. The summed E-state index contributed by atoms with van der Waals surface area (Å²) in [6.45, 7) is 0. The first-order valence-electron chi connectivity index (χ1n) is 2.19. The molecule has 0 saturated carbocycles. The van der Waals surface area contributed by atoms with E-state index in [1.165, 1.54) is 0 Å². The summed E-state index contributed by atoms with van der Waals surface area (Å²) >= 11 is 0. The summed E-state index contributed by atoms with van der Waals surface area (Å²) in [5.74, 6) is 0. The van der Waals surface area contributed by atoms with Gasteiger partial charge in [0.2, 0.25) is 0 Å². The van der Waals surface area contributed by atoms with E-state index in [9.17, 15) is 0 Å². The Morgan fingerprint density at radius 3 is 1.38 bits per heavy atom. The van der Waals surface area contributed by atoms with Gasteiger partial charge in [0, 0.05) is 19.5 Å². The minimum Gasteiger partial charge on any atom is -0.269 e. The molecule has 0 bridgehead atoms. The molecule has 0 rings (SSSR count). The van der Waals surface area contributed by atoms with Crippen LogP contribution in [0.4, 0.5) is 0 Å². The van der Waals surface area contributed by atoms with Crippen LogP contribution in [0.2, 0.25) is 0 Å². The maximum Gasteiger partial charge on any atom is 0.0875 e. The molecule has 46 valence electrons. The summed E-state index contributed by atoms with van der Waals surface area (Å²) in [5.41, 5.74) is 0. The van der Waals surface area contributed by atoms with E-state index in [2.05, 4.69) is 0 Å². The first kappa shape index (κ1) is 11.3. The first-order chi connectivity index (χ1) is 2.94. The summed E-state index contributed by atoms with van der Waals surface area (Å²) < 4.78 is 0.444. The molecule has 4 heteroatoms. The maximum atomic E-state index is 8.69. The predicted octanol–water partition coefficient (Wildman–Crippen LogP) is -0.0739. The van der Waals surface area contributed by atoms with Gasteiger partial charge in [-0.3, -0.25) is 5.21 Å². The van der Waals surface area contributed by atoms with Gasteiger partial charge in [0.15, 0.2) is 0 Å². The van der Waals surface area contributed by atoms with Gasteiger partial charge in [-0.25, -0.2) is 4.59 Å². The Labute approximate surface area is 63.2 Å². The zero-order valence-electron chi connectivity index (χ0n) is 6.05. The number of hydrogen-bond acceptors (Lipinski definition) is 2. The normalized spacial score (nSPS) is 11.2. The molecule has 0 fully saturated rings. The SMILES string of the molecule is CN(O)[N+](C)(C)C.[Zn]. The van der Waals surface area contributed by atoms with Crippen LogP contribution in [0.1, 0.15) is 0 Å². The molecule has 8 heavy (non-hydrogen) atoms. The first-order valence-corrected chi connectivity index (χ1v) is 2.19. The quantitative estimate of drug-likeness (QED) is 0.338. The van der Waals surface area contributed by atoms with E-state index in [0.29, 0.717) is 4.59 Å². The molecule has 0 aromatic carbocycles. The van der Waals surface area contributed by atoms with Crippen LogP contribution in [0, 0.1) is 0 Å². The van der Waals surface area contributed by atoms with E-state index in [0.717, 1.165) is 5.17 Å². The van der Waals surface area contributed by atoms with Crippen molar-refractivity contribution in [3.05, 3.63) is 0 Å². The fourth-order valence-corrected chi connectivity index (χ4v) is 0. The van der Waals surface area contributed by atoms with Gasteiger partial charge in [0.1, 0.15) is 0 Å². The fourth-order valence-electron chi connectivity index (χ4n) is 0.